The molecule has 0 aromatic rings. The van der Waals surface area contributed by atoms with Gasteiger partial charge in [0.25, 0.3) is 0 Å². The van der Waals surface area contributed by atoms with Crippen LogP contribution in [-0.2, 0) is 0 Å². The van der Waals surface area contributed by atoms with Crippen LogP contribution < -0.4 is 5.32 Å². The Kier molecular flexibility index (Phi) is 6.26. The maximum Gasteiger partial charge on any atom is 0.0255 e. The summed E-state index contributed by atoms with van der Waals surface area (Å²) >= 11 is 0. The van der Waals surface area contributed by atoms with Gasteiger partial charge in [-0.3, -0.25) is 4.90 Å². The van der Waals surface area contributed by atoms with Crippen molar-refractivity contribution in [3.8, 4) is 0 Å². The number of nitrogens with one attached hydrogen (secondary N) is 1. The molecule has 1 aliphatic rings. The van der Waals surface area contributed by atoms with Crippen LogP contribution in [0.2, 0.25) is 0 Å². The summed E-state index contributed by atoms with van der Waals surface area (Å²) in [6.07, 6.45) is 5.31. The molecule has 1 fully saturated rings. The average molecular weight is 211 g/mol. The van der Waals surface area contributed by atoms with Gasteiger partial charge < -0.3 is 5.32 Å². The molecule has 0 bridgehead atoms. The molecule has 0 spiro atoms. The van der Waals surface area contributed by atoms with Crippen LogP contribution in [-0.4, -0.2) is 30.6 Å². The van der Waals surface area contributed by atoms with Crippen molar-refractivity contribution in [1.29, 1.82) is 0 Å². The van der Waals surface area contributed by atoms with E-state index >= 15 is 0 Å². The SMILES string of the molecule is CCCCC[CH]N1CCNCC1C(C)C. The van der Waals surface area contributed by atoms with Gasteiger partial charge in [0.1, 0.15) is 0 Å². The topological polar surface area (TPSA) is 15.3 Å². The van der Waals surface area contributed by atoms with Gasteiger partial charge in [0, 0.05) is 32.2 Å². The first-order valence-corrected chi connectivity index (χ1v) is 6.55. The molecule has 0 aromatic carbocycles. The lowest BCUT2D eigenvalue weighted by atomic mass is 10.00. The largest absolute Gasteiger partial charge is 0.314 e. The summed E-state index contributed by atoms with van der Waals surface area (Å²) in [6.45, 7) is 12.8. The van der Waals surface area contributed by atoms with Gasteiger partial charge in [0.05, 0.1) is 0 Å². The lowest BCUT2D eigenvalue weighted by Crippen LogP contribution is -2.52. The van der Waals surface area contributed by atoms with Crippen molar-refractivity contribution in [2.75, 3.05) is 19.6 Å². The molecule has 1 radical (unpaired) electrons. The fourth-order valence-corrected chi connectivity index (χ4v) is 2.24. The molecule has 0 saturated carbocycles. The highest BCUT2D eigenvalue weighted by Crippen LogP contribution is 2.16. The first-order valence-electron chi connectivity index (χ1n) is 6.55. The van der Waals surface area contributed by atoms with E-state index in [1.807, 2.05) is 0 Å². The van der Waals surface area contributed by atoms with Crippen molar-refractivity contribution in [3.05, 3.63) is 6.54 Å². The van der Waals surface area contributed by atoms with E-state index < -0.39 is 0 Å². The highest BCUT2D eigenvalue weighted by molar-refractivity contribution is 4.86. The van der Waals surface area contributed by atoms with Gasteiger partial charge in [0.15, 0.2) is 0 Å². The third-order valence-electron chi connectivity index (χ3n) is 3.27. The lowest BCUT2D eigenvalue weighted by molar-refractivity contribution is 0.154. The summed E-state index contributed by atoms with van der Waals surface area (Å²) in [4.78, 5) is 2.57. The second kappa shape index (κ2) is 7.24. The predicted molar refractivity (Wildman–Crippen MR) is 66.6 cm³/mol. The van der Waals surface area contributed by atoms with Crippen LogP contribution in [0.1, 0.15) is 46.5 Å². The zero-order chi connectivity index (χ0) is 11.1. The molecule has 1 N–H and O–H groups in total. The van der Waals surface area contributed by atoms with E-state index in [4.69, 9.17) is 0 Å². The van der Waals surface area contributed by atoms with Crippen LogP contribution in [0.4, 0.5) is 0 Å². The molecule has 2 heteroatoms. The summed E-state index contributed by atoms with van der Waals surface area (Å²) in [5, 5.41) is 3.49. The van der Waals surface area contributed by atoms with E-state index in [-0.39, 0.29) is 0 Å². The molecule has 1 heterocycles. The molecule has 0 aliphatic carbocycles. The van der Waals surface area contributed by atoms with E-state index in [1.165, 1.54) is 32.2 Å². The van der Waals surface area contributed by atoms with Gasteiger partial charge in [-0.25, -0.2) is 0 Å². The summed E-state index contributed by atoms with van der Waals surface area (Å²) < 4.78 is 0. The molecule has 1 rings (SSSR count). The van der Waals surface area contributed by atoms with E-state index in [1.54, 1.807) is 0 Å². The molecule has 1 aliphatic heterocycles. The third kappa shape index (κ3) is 4.52. The van der Waals surface area contributed by atoms with Crippen molar-refractivity contribution in [1.82, 2.24) is 10.2 Å². The number of piperazine rings is 1. The Morgan fingerprint density at radius 1 is 1.40 bits per heavy atom. The van der Waals surface area contributed by atoms with Crippen molar-refractivity contribution in [2.24, 2.45) is 5.92 Å². The number of rotatable bonds is 6. The standard InChI is InChI=1S/C13H27N2/c1-4-5-6-7-9-15-10-8-14-11-13(15)12(2)3/h9,12-14H,4-8,10-11H2,1-3H3. The van der Waals surface area contributed by atoms with Crippen LogP contribution >= 0.6 is 0 Å². The Balaban J connectivity index is 2.23. The summed E-state index contributed by atoms with van der Waals surface area (Å²) in [5.41, 5.74) is 0. The van der Waals surface area contributed by atoms with Crippen LogP contribution in [0.5, 0.6) is 0 Å². The second-order valence-electron chi connectivity index (χ2n) is 4.93. The van der Waals surface area contributed by atoms with Gasteiger partial charge in [-0.05, 0) is 12.3 Å². The number of unbranched alkanes of at least 4 members (excludes halogenated alkanes) is 3. The van der Waals surface area contributed by atoms with E-state index in [0.717, 1.165) is 19.0 Å². The van der Waals surface area contributed by atoms with Gasteiger partial charge in [0.2, 0.25) is 0 Å². The smallest absolute Gasteiger partial charge is 0.0255 e. The minimum absolute atomic E-state index is 0.709. The Bertz CT molecular complexity index is 157. The Hall–Kier alpha value is -0.0800. The zero-order valence-corrected chi connectivity index (χ0v) is 10.6. The molecule has 15 heavy (non-hydrogen) atoms. The second-order valence-corrected chi connectivity index (χ2v) is 4.93. The molecular formula is C13H27N2. The molecule has 1 saturated heterocycles. The minimum atomic E-state index is 0.709. The van der Waals surface area contributed by atoms with Crippen LogP contribution in [0.3, 0.4) is 0 Å². The van der Waals surface area contributed by atoms with Crippen LogP contribution in [0.15, 0.2) is 0 Å². The van der Waals surface area contributed by atoms with Crippen molar-refractivity contribution in [2.45, 2.75) is 52.5 Å². The fraction of sp³-hybridized carbons (Fsp3) is 0.923. The average Bonchev–Trinajstić information content (AvgIpc) is 2.25. The van der Waals surface area contributed by atoms with Crippen molar-refractivity contribution < 1.29 is 0 Å². The fourth-order valence-electron chi connectivity index (χ4n) is 2.24. The van der Waals surface area contributed by atoms with E-state index in [0.29, 0.717) is 6.04 Å². The van der Waals surface area contributed by atoms with Crippen LogP contribution in [0.25, 0.3) is 0 Å². The van der Waals surface area contributed by atoms with Gasteiger partial charge in [-0.15, -0.1) is 0 Å². The normalized spacial score (nSPS) is 23.6. The first kappa shape index (κ1) is 13.0. The van der Waals surface area contributed by atoms with Gasteiger partial charge >= 0.3 is 0 Å². The first-order chi connectivity index (χ1) is 7.25. The quantitative estimate of drug-likeness (QED) is 0.680. The molecule has 2 nitrogen and oxygen atoms in total. The van der Waals surface area contributed by atoms with Crippen molar-refractivity contribution in [3.63, 3.8) is 0 Å². The summed E-state index contributed by atoms with van der Waals surface area (Å²) in [5.74, 6) is 0.750. The maximum atomic E-state index is 3.49. The monoisotopic (exact) mass is 211 g/mol. The maximum absolute atomic E-state index is 3.49. The zero-order valence-electron chi connectivity index (χ0n) is 10.6. The Morgan fingerprint density at radius 3 is 2.87 bits per heavy atom. The number of hydrogen-bond donors (Lipinski definition) is 1. The highest BCUT2D eigenvalue weighted by atomic mass is 15.2. The molecule has 1 atom stereocenters. The molecule has 89 valence electrons. The predicted octanol–water partition coefficient (Wildman–Crippen LogP) is 2.66. The molecule has 1 unspecified atom stereocenters. The van der Waals surface area contributed by atoms with Crippen LogP contribution in [0, 0.1) is 12.5 Å². The highest BCUT2D eigenvalue weighted by Gasteiger charge is 2.24. The van der Waals surface area contributed by atoms with E-state index in [2.05, 4.69) is 37.5 Å². The minimum Gasteiger partial charge on any atom is -0.314 e. The van der Waals surface area contributed by atoms with Gasteiger partial charge in [-0.2, -0.15) is 0 Å². The van der Waals surface area contributed by atoms with Gasteiger partial charge in [-0.1, -0.05) is 40.0 Å². The summed E-state index contributed by atoms with van der Waals surface area (Å²) in [7, 11) is 0. The number of hydrogen-bond acceptors (Lipinski definition) is 2. The molecule has 0 aromatic heterocycles. The van der Waals surface area contributed by atoms with E-state index in [9.17, 15) is 0 Å². The molecular weight excluding hydrogens is 184 g/mol. The number of nitrogens with zero attached hydrogens (tertiary/aromatic N) is 1. The Labute approximate surface area is 95.4 Å². The van der Waals surface area contributed by atoms with Crippen molar-refractivity contribution >= 4 is 0 Å². The third-order valence-corrected chi connectivity index (χ3v) is 3.27. The summed E-state index contributed by atoms with van der Waals surface area (Å²) in [6, 6.07) is 0.709. The molecule has 0 amide bonds. The lowest BCUT2D eigenvalue weighted by Gasteiger charge is -2.38. The Morgan fingerprint density at radius 2 is 2.20 bits per heavy atom.